The van der Waals surface area contributed by atoms with E-state index in [0.717, 1.165) is 4.90 Å². The Balaban J connectivity index is 1.83. The number of methoxy groups -OCH3 is 2. The number of amides is 3. The van der Waals surface area contributed by atoms with Crippen LogP contribution in [0.3, 0.4) is 0 Å². The Morgan fingerprint density at radius 1 is 1.06 bits per heavy atom. The lowest BCUT2D eigenvalue weighted by Gasteiger charge is -2.28. The average Bonchev–Trinajstić information content (AvgIpc) is 3.17. The van der Waals surface area contributed by atoms with E-state index in [1.165, 1.54) is 31.3 Å². The fourth-order valence-corrected chi connectivity index (χ4v) is 3.77. The third-order valence-electron chi connectivity index (χ3n) is 5.62. The molecule has 0 saturated carbocycles. The van der Waals surface area contributed by atoms with Gasteiger partial charge >= 0.3 is 6.09 Å². The van der Waals surface area contributed by atoms with Gasteiger partial charge in [-0.1, -0.05) is 18.2 Å². The van der Waals surface area contributed by atoms with Crippen LogP contribution in [0, 0.1) is 10.1 Å². The van der Waals surface area contributed by atoms with Gasteiger partial charge in [0.05, 0.1) is 43.0 Å². The number of anilines is 1. The number of ether oxygens (including phenoxy) is 3. The predicted molar refractivity (Wildman–Crippen MR) is 125 cm³/mol. The second kappa shape index (κ2) is 10.9. The summed E-state index contributed by atoms with van der Waals surface area (Å²) in [4.78, 5) is 51.0. The third-order valence-corrected chi connectivity index (χ3v) is 5.62. The van der Waals surface area contributed by atoms with Gasteiger partial charge in [0, 0.05) is 18.9 Å². The third kappa shape index (κ3) is 5.51. The molecule has 2 aromatic rings. The number of benzene rings is 2. The molecule has 0 spiro atoms. The predicted octanol–water partition coefficient (Wildman–Crippen LogP) is 3.81. The number of nitro groups is 1. The van der Waals surface area contributed by atoms with Crippen molar-refractivity contribution < 1.29 is 33.5 Å². The molecule has 11 heteroatoms. The highest BCUT2D eigenvalue weighted by molar-refractivity contribution is 6.20. The first-order valence-corrected chi connectivity index (χ1v) is 10.9. The van der Waals surface area contributed by atoms with Crippen LogP contribution in [0.1, 0.15) is 37.8 Å². The van der Waals surface area contributed by atoms with Crippen LogP contribution in [-0.4, -0.2) is 48.0 Å². The van der Waals surface area contributed by atoms with Gasteiger partial charge in [-0.15, -0.1) is 0 Å². The molecule has 0 bridgehead atoms. The molecule has 186 valence electrons. The fourth-order valence-electron chi connectivity index (χ4n) is 3.77. The first kappa shape index (κ1) is 25.5. The van der Waals surface area contributed by atoms with Crippen molar-refractivity contribution in [3.05, 3.63) is 57.6 Å². The maximum absolute atomic E-state index is 13.0. The van der Waals surface area contributed by atoms with E-state index in [1.54, 1.807) is 38.1 Å². The molecule has 1 aliphatic rings. The quantitative estimate of drug-likeness (QED) is 0.298. The van der Waals surface area contributed by atoms with Gasteiger partial charge in [0.25, 0.3) is 5.69 Å². The standard InChI is InChI=1S/C24H27N3O8/c1-15(2)25(13-16-7-5-6-8-18(16)26-22(28)9-10-23(26)29)24(30)35-14-17-11-20(33-3)21(34-4)12-19(17)27(31)32/h5-8,11-12,15H,9-10,13-14H2,1-4H3. The number of rotatable bonds is 9. The lowest BCUT2D eigenvalue weighted by molar-refractivity contribution is -0.385. The summed E-state index contributed by atoms with van der Waals surface area (Å²) in [5.41, 5.74) is 0.883. The van der Waals surface area contributed by atoms with E-state index in [4.69, 9.17) is 14.2 Å². The van der Waals surface area contributed by atoms with Crippen LogP contribution in [0.25, 0.3) is 0 Å². The number of imide groups is 1. The van der Waals surface area contributed by atoms with Crippen molar-refractivity contribution in [2.24, 2.45) is 0 Å². The van der Waals surface area contributed by atoms with Crippen LogP contribution in [0.15, 0.2) is 36.4 Å². The topological polar surface area (TPSA) is 129 Å². The van der Waals surface area contributed by atoms with Gasteiger partial charge in [-0.3, -0.25) is 24.6 Å². The van der Waals surface area contributed by atoms with E-state index in [0.29, 0.717) is 11.3 Å². The van der Waals surface area contributed by atoms with Crippen molar-refractivity contribution in [1.82, 2.24) is 4.90 Å². The van der Waals surface area contributed by atoms with E-state index >= 15 is 0 Å². The molecule has 0 radical (unpaired) electrons. The Morgan fingerprint density at radius 3 is 2.23 bits per heavy atom. The van der Waals surface area contributed by atoms with Gasteiger partial charge in [-0.05, 0) is 31.5 Å². The van der Waals surface area contributed by atoms with E-state index in [9.17, 15) is 24.5 Å². The molecule has 35 heavy (non-hydrogen) atoms. The monoisotopic (exact) mass is 485 g/mol. The Hall–Kier alpha value is -4.15. The van der Waals surface area contributed by atoms with Gasteiger partial charge in [-0.2, -0.15) is 0 Å². The molecule has 2 aromatic carbocycles. The van der Waals surface area contributed by atoms with Gasteiger partial charge in [-0.25, -0.2) is 4.79 Å². The minimum absolute atomic E-state index is 0.0672. The SMILES string of the molecule is COc1cc(COC(=O)N(Cc2ccccc2N2C(=O)CCC2=O)C(C)C)c([N+](=O)[O-])cc1OC. The van der Waals surface area contributed by atoms with E-state index in [2.05, 4.69) is 0 Å². The highest BCUT2D eigenvalue weighted by Gasteiger charge is 2.32. The van der Waals surface area contributed by atoms with E-state index in [-0.39, 0.29) is 66.6 Å². The molecule has 11 nitrogen and oxygen atoms in total. The number of nitrogens with zero attached hydrogens (tertiary/aromatic N) is 3. The first-order chi connectivity index (χ1) is 16.7. The van der Waals surface area contributed by atoms with Crippen LogP contribution < -0.4 is 14.4 Å². The summed E-state index contributed by atoms with van der Waals surface area (Å²) in [6, 6.07) is 9.16. The fraction of sp³-hybridized carbons (Fsp3) is 0.375. The zero-order valence-corrected chi connectivity index (χ0v) is 20.0. The molecular weight excluding hydrogens is 458 g/mol. The Labute approximate surface area is 202 Å². The number of carbonyl (C=O) groups is 3. The lowest BCUT2D eigenvalue weighted by Crippen LogP contribution is -2.38. The van der Waals surface area contributed by atoms with E-state index < -0.39 is 11.0 Å². The second-order valence-electron chi connectivity index (χ2n) is 8.12. The number of para-hydroxylation sites is 1. The van der Waals surface area contributed by atoms with Crippen LogP contribution in [0.5, 0.6) is 11.5 Å². The summed E-state index contributed by atoms with van der Waals surface area (Å²) in [5, 5.41) is 11.5. The summed E-state index contributed by atoms with van der Waals surface area (Å²) >= 11 is 0. The molecule has 0 aliphatic carbocycles. The van der Waals surface area contributed by atoms with Crippen molar-refractivity contribution in [1.29, 1.82) is 0 Å². The van der Waals surface area contributed by atoms with E-state index in [1.807, 2.05) is 0 Å². The van der Waals surface area contributed by atoms with Gasteiger partial charge in [0.1, 0.15) is 6.61 Å². The largest absolute Gasteiger partial charge is 0.493 e. The molecule has 1 saturated heterocycles. The summed E-state index contributed by atoms with van der Waals surface area (Å²) in [6.45, 7) is 3.27. The highest BCUT2D eigenvalue weighted by Crippen LogP contribution is 2.35. The molecule has 1 heterocycles. The van der Waals surface area contributed by atoms with Crippen LogP contribution >= 0.6 is 0 Å². The zero-order valence-electron chi connectivity index (χ0n) is 20.0. The van der Waals surface area contributed by atoms with Gasteiger partial charge < -0.3 is 19.1 Å². The second-order valence-corrected chi connectivity index (χ2v) is 8.12. The minimum Gasteiger partial charge on any atom is -0.493 e. The summed E-state index contributed by atoms with van der Waals surface area (Å²) in [6.07, 6.45) is -0.418. The summed E-state index contributed by atoms with van der Waals surface area (Å²) < 4.78 is 15.8. The number of nitro benzene ring substituents is 1. The molecule has 1 aliphatic heterocycles. The number of hydrogen-bond donors (Lipinski definition) is 0. The Morgan fingerprint density at radius 2 is 1.66 bits per heavy atom. The van der Waals surface area contributed by atoms with Crippen LogP contribution in [0.4, 0.5) is 16.2 Å². The molecule has 0 atom stereocenters. The van der Waals surface area contributed by atoms with Crippen molar-refractivity contribution in [2.45, 2.75) is 45.9 Å². The van der Waals surface area contributed by atoms with Gasteiger partial charge in [0.15, 0.2) is 11.5 Å². The lowest BCUT2D eigenvalue weighted by atomic mass is 10.1. The van der Waals surface area contributed by atoms with Crippen LogP contribution in [0.2, 0.25) is 0 Å². The van der Waals surface area contributed by atoms with Crippen LogP contribution in [-0.2, 0) is 27.5 Å². The normalized spacial score (nSPS) is 13.2. The number of carbonyl (C=O) groups excluding carboxylic acids is 3. The molecule has 0 N–H and O–H groups in total. The molecule has 0 aromatic heterocycles. The van der Waals surface area contributed by atoms with Crippen molar-refractivity contribution in [2.75, 3.05) is 19.1 Å². The Bertz CT molecular complexity index is 1130. The number of hydrogen-bond acceptors (Lipinski definition) is 8. The maximum Gasteiger partial charge on any atom is 0.410 e. The molecule has 1 fully saturated rings. The van der Waals surface area contributed by atoms with Crippen molar-refractivity contribution in [3.63, 3.8) is 0 Å². The Kier molecular flexibility index (Phi) is 7.90. The van der Waals surface area contributed by atoms with Crippen molar-refractivity contribution in [3.8, 4) is 11.5 Å². The van der Waals surface area contributed by atoms with Gasteiger partial charge in [0.2, 0.25) is 11.8 Å². The molecule has 3 rings (SSSR count). The average molecular weight is 485 g/mol. The molecular formula is C24H27N3O8. The minimum atomic E-state index is -0.710. The van der Waals surface area contributed by atoms with Crippen molar-refractivity contribution >= 4 is 29.3 Å². The molecule has 3 amide bonds. The molecule has 0 unspecified atom stereocenters. The summed E-state index contributed by atoms with van der Waals surface area (Å²) in [5.74, 6) is -0.136. The maximum atomic E-state index is 13.0. The highest BCUT2D eigenvalue weighted by atomic mass is 16.6. The zero-order chi connectivity index (χ0) is 25.7. The summed E-state index contributed by atoms with van der Waals surface area (Å²) in [7, 11) is 2.76. The smallest absolute Gasteiger partial charge is 0.410 e. The first-order valence-electron chi connectivity index (χ1n) is 10.9.